The molecule has 1 aromatic rings. The molecule has 1 N–H and O–H groups in total. The van der Waals surface area contributed by atoms with Crippen LogP contribution in [0.2, 0.25) is 0 Å². The highest BCUT2D eigenvalue weighted by atomic mass is 32.2. The zero-order valence-corrected chi connectivity index (χ0v) is 12.9. The first-order valence-corrected chi connectivity index (χ1v) is 7.76. The van der Waals surface area contributed by atoms with Crippen molar-refractivity contribution >= 4 is 16.9 Å². The highest BCUT2D eigenvalue weighted by Gasteiger charge is 2.25. The summed E-state index contributed by atoms with van der Waals surface area (Å²) in [6.07, 6.45) is 1.42. The zero-order valence-electron chi connectivity index (χ0n) is 12.1. The maximum atomic E-state index is 12.1. The predicted molar refractivity (Wildman–Crippen MR) is 80.0 cm³/mol. The third kappa shape index (κ3) is 5.15. The monoisotopic (exact) mass is 281 g/mol. The summed E-state index contributed by atoms with van der Waals surface area (Å²) in [5.74, 6) is -0.256. The molecule has 0 aliphatic heterocycles. The Labute approximate surface area is 118 Å². The molecule has 2 atom stereocenters. The van der Waals surface area contributed by atoms with Gasteiger partial charge in [0.25, 0.3) is 0 Å². The molecular formula is C15H23NO2S. The molecule has 1 aromatic carbocycles. The van der Waals surface area contributed by atoms with Crippen LogP contribution in [0.4, 0.5) is 0 Å². The van der Waals surface area contributed by atoms with Crippen molar-refractivity contribution in [2.24, 2.45) is 5.92 Å². The number of carbonyl (C=O) groups excluding carboxylic acids is 1. The van der Waals surface area contributed by atoms with E-state index in [1.54, 1.807) is 0 Å². The molecule has 4 heteroatoms. The van der Waals surface area contributed by atoms with Gasteiger partial charge in [0.2, 0.25) is 5.91 Å². The molecule has 0 aliphatic rings. The van der Waals surface area contributed by atoms with Gasteiger partial charge in [-0.05, 0) is 39.2 Å². The molecule has 19 heavy (non-hydrogen) atoms. The van der Waals surface area contributed by atoms with Crippen LogP contribution >= 0.6 is 0 Å². The normalized spacial score (nSPS) is 14.7. The Bertz CT molecular complexity index is 437. The first-order chi connectivity index (χ1) is 8.84. The van der Waals surface area contributed by atoms with Crippen LogP contribution < -0.4 is 4.72 Å². The number of hydrogen-bond donors (Lipinski definition) is 1. The standard InChI is InChI=1S/C15H23NO2S/c1-5-13(11-12-9-7-6-8-10-12)14(17)16-19(18)15(2,3)4/h6-10,13H,5,11H2,1-4H3,(H,16,17). The molecule has 3 nitrogen and oxygen atoms in total. The maximum absolute atomic E-state index is 12.1. The summed E-state index contributed by atoms with van der Waals surface area (Å²) in [5, 5.41) is 0. The molecular weight excluding hydrogens is 258 g/mol. The third-order valence-corrected chi connectivity index (χ3v) is 4.44. The van der Waals surface area contributed by atoms with E-state index in [2.05, 4.69) is 4.72 Å². The topological polar surface area (TPSA) is 46.2 Å². The van der Waals surface area contributed by atoms with Gasteiger partial charge in [-0.1, -0.05) is 37.3 Å². The smallest absolute Gasteiger partial charge is 0.235 e. The van der Waals surface area contributed by atoms with E-state index in [-0.39, 0.29) is 11.8 Å². The molecule has 1 rings (SSSR count). The van der Waals surface area contributed by atoms with E-state index in [0.29, 0.717) is 6.42 Å². The second kappa shape index (κ2) is 6.85. The van der Waals surface area contributed by atoms with Gasteiger partial charge in [-0.3, -0.25) is 9.52 Å². The third-order valence-electron chi connectivity index (χ3n) is 2.94. The number of hydrogen-bond acceptors (Lipinski definition) is 2. The lowest BCUT2D eigenvalue weighted by molar-refractivity contribution is -0.123. The number of nitrogens with one attached hydrogen (secondary N) is 1. The lowest BCUT2D eigenvalue weighted by atomic mass is 9.96. The Balaban J connectivity index is 2.65. The molecule has 0 heterocycles. The van der Waals surface area contributed by atoms with Crippen LogP contribution in [0.5, 0.6) is 0 Å². The summed E-state index contributed by atoms with van der Waals surface area (Å²) >= 11 is 0. The van der Waals surface area contributed by atoms with Crippen LogP contribution in [-0.2, 0) is 22.2 Å². The Hall–Kier alpha value is -1.16. The molecule has 0 spiro atoms. The van der Waals surface area contributed by atoms with E-state index >= 15 is 0 Å². The van der Waals surface area contributed by atoms with Gasteiger partial charge in [-0.15, -0.1) is 0 Å². The van der Waals surface area contributed by atoms with Gasteiger partial charge >= 0.3 is 0 Å². The Morgan fingerprint density at radius 2 is 1.84 bits per heavy atom. The summed E-state index contributed by atoms with van der Waals surface area (Å²) in [4.78, 5) is 12.1. The largest absolute Gasteiger partial charge is 0.274 e. The maximum Gasteiger partial charge on any atom is 0.235 e. The van der Waals surface area contributed by atoms with Crippen molar-refractivity contribution in [3.63, 3.8) is 0 Å². The van der Waals surface area contributed by atoms with Gasteiger partial charge in [-0.2, -0.15) is 0 Å². The number of amides is 1. The van der Waals surface area contributed by atoms with Gasteiger partial charge in [0.1, 0.15) is 11.0 Å². The molecule has 106 valence electrons. The number of benzene rings is 1. The van der Waals surface area contributed by atoms with Crippen LogP contribution in [0.25, 0.3) is 0 Å². The minimum absolute atomic E-state index is 0.125. The van der Waals surface area contributed by atoms with Crippen molar-refractivity contribution in [2.75, 3.05) is 0 Å². The van der Waals surface area contributed by atoms with E-state index in [1.165, 1.54) is 0 Å². The van der Waals surface area contributed by atoms with Crippen molar-refractivity contribution < 1.29 is 9.00 Å². The zero-order chi connectivity index (χ0) is 14.5. The fourth-order valence-corrected chi connectivity index (χ4v) is 2.30. The van der Waals surface area contributed by atoms with E-state index in [1.807, 2.05) is 58.0 Å². The Morgan fingerprint density at radius 1 is 1.26 bits per heavy atom. The van der Waals surface area contributed by atoms with Crippen LogP contribution in [0.1, 0.15) is 39.7 Å². The quantitative estimate of drug-likeness (QED) is 0.902. The SMILES string of the molecule is CCC(Cc1ccccc1)C(=O)NS(=O)C(C)(C)C. The van der Waals surface area contributed by atoms with E-state index in [0.717, 1.165) is 12.0 Å². The van der Waals surface area contributed by atoms with Crippen molar-refractivity contribution in [3.8, 4) is 0 Å². The molecule has 0 saturated carbocycles. The van der Waals surface area contributed by atoms with Crippen molar-refractivity contribution in [2.45, 2.75) is 45.3 Å². The molecule has 0 aromatic heterocycles. The summed E-state index contributed by atoms with van der Waals surface area (Å²) in [6.45, 7) is 7.53. The minimum Gasteiger partial charge on any atom is -0.274 e. The van der Waals surface area contributed by atoms with E-state index in [9.17, 15) is 9.00 Å². The predicted octanol–water partition coefficient (Wildman–Crippen LogP) is 2.83. The lowest BCUT2D eigenvalue weighted by Gasteiger charge is -2.21. The molecule has 0 saturated heterocycles. The van der Waals surface area contributed by atoms with Crippen molar-refractivity contribution in [1.29, 1.82) is 0 Å². The minimum atomic E-state index is -1.35. The van der Waals surface area contributed by atoms with Gasteiger partial charge < -0.3 is 0 Å². The average Bonchev–Trinajstić information content (AvgIpc) is 2.35. The van der Waals surface area contributed by atoms with Crippen molar-refractivity contribution in [1.82, 2.24) is 4.72 Å². The molecule has 2 unspecified atom stereocenters. The van der Waals surface area contributed by atoms with Gasteiger partial charge in [0, 0.05) is 5.92 Å². The van der Waals surface area contributed by atoms with Crippen LogP contribution in [0.3, 0.4) is 0 Å². The van der Waals surface area contributed by atoms with Gasteiger partial charge in [-0.25, -0.2) is 4.21 Å². The Kier molecular flexibility index (Phi) is 5.73. The average molecular weight is 281 g/mol. The molecule has 1 amide bonds. The molecule has 0 bridgehead atoms. The first kappa shape index (κ1) is 15.9. The summed E-state index contributed by atoms with van der Waals surface area (Å²) in [5.41, 5.74) is 1.13. The molecule has 0 fully saturated rings. The van der Waals surface area contributed by atoms with Gasteiger partial charge in [0.05, 0.1) is 4.75 Å². The second-order valence-corrected chi connectivity index (χ2v) is 7.61. The van der Waals surface area contributed by atoms with E-state index in [4.69, 9.17) is 0 Å². The highest BCUT2D eigenvalue weighted by molar-refractivity contribution is 7.85. The second-order valence-electron chi connectivity index (χ2n) is 5.64. The summed E-state index contributed by atoms with van der Waals surface area (Å²) in [6, 6.07) is 9.91. The lowest BCUT2D eigenvalue weighted by Crippen LogP contribution is -2.40. The summed E-state index contributed by atoms with van der Waals surface area (Å²) in [7, 11) is -1.35. The van der Waals surface area contributed by atoms with Crippen LogP contribution in [0.15, 0.2) is 30.3 Å². The van der Waals surface area contributed by atoms with Crippen LogP contribution in [-0.4, -0.2) is 14.9 Å². The first-order valence-electron chi connectivity index (χ1n) is 6.61. The number of carbonyl (C=O) groups is 1. The summed E-state index contributed by atoms with van der Waals surface area (Å²) < 4.78 is 14.1. The number of rotatable bonds is 5. The molecule has 0 radical (unpaired) electrons. The fraction of sp³-hybridized carbons (Fsp3) is 0.533. The van der Waals surface area contributed by atoms with E-state index < -0.39 is 15.7 Å². The highest BCUT2D eigenvalue weighted by Crippen LogP contribution is 2.14. The fourth-order valence-electron chi connectivity index (χ4n) is 1.65. The Morgan fingerprint density at radius 3 is 2.32 bits per heavy atom. The molecule has 0 aliphatic carbocycles. The van der Waals surface area contributed by atoms with Gasteiger partial charge in [0.15, 0.2) is 0 Å². The van der Waals surface area contributed by atoms with Crippen molar-refractivity contribution in [3.05, 3.63) is 35.9 Å². The van der Waals surface area contributed by atoms with Crippen LogP contribution in [0, 0.1) is 5.92 Å².